The van der Waals surface area contributed by atoms with Crippen LogP contribution in [0.25, 0.3) is 0 Å². The molecular weight excluding hydrogens is 307 g/mol. The summed E-state index contributed by atoms with van der Waals surface area (Å²) in [6.45, 7) is 0.264. The predicted molar refractivity (Wildman–Crippen MR) is 66.8 cm³/mol. The molecule has 0 amide bonds. The molecule has 0 saturated heterocycles. The smallest absolute Gasteiger partial charge is 0.212 e. The predicted octanol–water partition coefficient (Wildman–Crippen LogP) is 2.29. The lowest BCUT2D eigenvalue weighted by molar-refractivity contribution is 0.291. The molecule has 90 valence electrons. The first-order valence-corrected chi connectivity index (χ1v) is 6.22. The van der Waals surface area contributed by atoms with Gasteiger partial charge < -0.3 is 4.74 Å². The maximum Gasteiger partial charge on any atom is 0.212 e. The Morgan fingerprint density at radius 3 is 2.94 bits per heavy atom. The van der Waals surface area contributed by atoms with Crippen LogP contribution < -0.4 is 4.74 Å². The molecule has 0 aliphatic heterocycles. The summed E-state index contributed by atoms with van der Waals surface area (Å²) in [5.74, 6) is 1.64. The van der Waals surface area contributed by atoms with Gasteiger partial charge in [-0.3, -0.25) is 0 Å². The van der Waals surface area contributed by atoms with Crippen LogP contribution in [0.15, 0.2) is 22.7 Å². The maximum absolute atomic E-state index is 5.84. The van der Waals surface area contributed by atoms with Crippen molar-refractivity contribution in [3.05, 3.63) is 34.1 Å². The van der Waals surface area contributed by atoms with Gasteiger partial charge in [-0.1, -0.05) is 12.1 Å². The van der Waals surface area contributed by atoms with E-state index in [2.05, 4.69) is 31.3 Å². The third-order valence-corrected chi connectivity index (χ3v) is 3.00. The summed E-state index contributed by atoms with van der Waals surface area (Å²) in [7, 11) is 1.71. The summed E-state index contributed by atoms with van der Waals surface area (Å²) < 4.78 is 6.51. The van der Waals surface area contributed by atoms with Gasteiger partial charge in [-0.05, 0) is 27.2 Å². The van der Waals surface area contributed by atoms with Crippen LogP contribution in [0.4, 0.5) is 0 Å². The van der Waals surface area contributed by atoms with Gasteiger partial charge in [0.2, 0.25) is 5.82 Å². The number of nitrogens with zero attached hydrogens (tertiary/aromatic N) is 4. The second-order valence-electron chi connectivity index (χ2n) is 3.35. The van der Waals surface area contributed by atoms with Crippen LogP contribution in [0.5, 0.6) is 5.75 Å². The number of ether oxygens (including phenoxy) is 1. The van der Waals surface area contributed by atoms with Crippen LogP contribution in [-0.4, -0.2) is 20.2 Å². The highest BCUT2D eigenvalue weighted by Gasteiger charge is 2.09. The van der Waals surface area contributed by atoms with Crippen molar-refractivity contribution in [2.45, 2.75) is 12.5 Å². The zero-order valence-electron chi connectivity index (χ0n) is 9.10. The first-order chi connectivity index (χ1) is 8.20. The molecule has 5 nitrogen and oxygen atoms in total. The zero-order valence-corrected chi connectivity index (χ0v) is 11.4. The number of hydrogen-bond donors (Lipinski definition) is 0. The number of aryl methyl sites for hydroxylation is 1. The third-order valence-electron chi connectivity index (χ3n) is 2.09. The van der Waals surface area contributed by atoms with E-state index in [4.69, 9.17) is 16.3 Å². The zero-order chi connectivity index (χ0) is 12.3. The van der Waals surface area contributed by atoms with Gasteiger partial charge in [0.05, 0.1) is 17.4 Å². The molecule has 0 atom stereocenters. The van der Waals surface area contributed by atoms with Gasteiger partial charge in [0.15, 0.2) is 6.61 Å². The number of para-hydroxylation sites is 1. The second-order valence-corrected chi connectivity index (χ2v) is 4.47. The molecule has 7 heteroatoms. The van der Waals surface area contributed by atoms with Crippen LogP contribution >= 0.6 is 27.5 Å². The summed E-state index contributed by atoms with van der Waals surface area (Å²) in [6.07, 6.45) is 0. The van der Waals surface area contributed by atoms with Crippen molar-refractivity contribution in [1.29, 1.82) is 0 Å². The van der Waals surface area contributed by atoms with Crippen molar-refractivity contribution in [2.75, 3.05) is 0 Å². The molecule has 0 radical (unpaired) electrons. The second kappa shape index (κ2) is 5.46. The van der Waals surface area contributed by atoms with Crippen molar-refractivity contribution >= 4 is 27.5 Å². The van der Waals surface area contributed by atoms with Crippen molar-refractivity contribution in [2.24, 2.45) is 7.05 Å². The maximum atomic E-state index is 5.84. The summed E-state index contributed by atoms with van der Waals surface area (Å²) in [5.41, 5.74) is 0.921. The fourth-order valence-corrected chi connectivity index (χ4v) is 2.07. The molecule has 2 rings (SSSR count). The summed E-state index contributed by atoms with van der Waals surface area (Å²) in [6, 6.07) is 5.72. The average Bonchev–Trinajstić information content (AvgIpc) is 2.73. The minimum Gasteiger partial charge on any atom is -0.484 e. The van der Waals surface area contributed by atoms with E-state index in [1.165, 1.54) is 4.80 Å². The molecule has 1 aromatic heterocycles. The standard InChI is InChI=1S/C10H10BrClN4O/c1-16-14-9(13-15-16)6-17-10-7(5-12)3-2-4-8(10)11/h2-4H,5-6H2,1H3. The van der Waals surface area contributed by atoms with Crippen LogP contribution in [0.3, 0.4) is 0 Å². The van der Waals surface area contributed by atoms with E-state index >= 15 is 0 Å². The van der Waals surface area contributed by atoms with Crippen molar-refractivity contribution in [3.63, 3.8) is 0 Å². The number of rotatable bonds is 4. The lowest BCUT2D eigenvalue weighted by Crippen LogP contribution is -2.01. The highest BCUT2D eigenvalue weighted by Crippen LogP contribution is 2.30. The van der Waals surface area contributed by atoms with Crippen LogP contribution in [0, 0.1) is 0 Å². The molecule has 0 aliphatic rings. The molecule has 0 fully saturated rings. The first-order valence-electron chi connectivity index (χ1n) is 4.89. The summed E-state index contributed by atoms with van der Waals surface area (Å²) in [4.78, 5) is 1.39. The molecule has 0 saturated carbocycles. The van der Waals surface area contributed by atoms with E-state index in [-0.39, 0.29) is 6.61 Å². The van der Waals surface area contributed by atoms with Gasteiger partial charge in [0.25, 0.3) is 0 Å². The highest BCUT2D eigenvalue weighted by atomic mass is 79.9. The molecule has 1 heterocycles. The molecule has 0 aliphatic carbocycles. The third kappa shape index (κ3) is 2.95. The average molecular weight is 318 g/mol. The Bertz CT molecular complexity index is 517. The SMILES string of the molecule is Cn1nnc(COc2c(Br)cccc2CCl)n1. The molecule has 0 N–H and O–H groups in total. The highest BCUT2D eigenvalue weighted by molar-refractivity contribution is 9.10. The molecule has 1 aromatic carbocycles. The Hall–Kier alpha value is -1.14. The van der Waals surface area contributed by atoms with E-state index in [0.29, 0.717) is 11.7 Å². The molecule has 2 aromatic rings. The van der Waals surface area contributed by atoms with E-state index in [1.54, 1.807) is 7.05 Å². The van der Waals surface area contributed by atoms with E-state index in [0.717, 1.165) is 15.8 Å². The van der Waals surface area contributed by atoms with Gasteiger partial charge in [-0.2, -0.15) is 4.80 Å². The van der Waals surface area contributed by atoms with Gasteiger partial charge in [0, 0.05) is 5.56 Å². The lowest BCUT2D eigenvalue weighted by Gasteiger charge is -2.09. The van der Waals surface area contributed by atoms with Gasteiger partial charge >= 0.3 is 0 Å². The number of aromatic nitrogens is 4. The van der Waals surface area contributed by atoms with Gasteiger partial charge in [-0.15, -0.1) is 21.8 Å². The number of halogens is 2. The van der Waals surface area contributed by atoms with E-state index < -0.39 is 0 Å². The first kappa shape index (κ1) is 12.3. The van der Waals surface area contributed by atoms with Crippen molar-refractivity contribution in [3.8, 4) is 5.75 Å². The number of benzene rings is 1. The monoisotopic (exact) mass is 316 g/mol. The summed E-state index contributed by atoms with van der Waals surface area (Å²) >= 11 is 9.26. The van der Waals surface area contributed by atoms with Gasteiger partial charge in [-0.25, -0.2) is 0 Å². The van der Waals surface area contributed by atoms with Crippen LogP contribution in [-0.2, 0) is 19.5 Å². The fraction of sp³-hybridized carbons (Fsp3) is 0.300. The Labute approximate surface area is 112 Å². The Morgan fingerprint density at radius 2 is 2.29 bits per heavy atom. The topological polar surface area (TPSA) is 52.8 Å². The number of hydrogen-bond acceptors (Lipinski definition) is 4. The Kier molecular flexibility index (Phi) is 3.96. The van der Waals surface area contributed by atoms with E-state index in [1.807, 2.05) is 18.2 Å². The fourth-order valence-electron chi connectivity index (χ4n) is 1.34. The minimum absolute atomic E-state index is 0.264. The Balaban J connectivity index is 2.13. The molecule has 17 heavy (non-hydrogen) atoms. The number of alkyl halides is 1. The number of tetrazole rings is 1. The minimum atomic E-state index is 0.264. The summed E-state index contributed by atoms with van der Waals surface area (Å²) in [5, 5.41) is 11.6. The molecular formula is C10H10BrClN4O. The van der Waals surface area contributed by atoms with Crippen molar-refractivity contribution < 1.29 is 4.74 Å². The van der Waals surface area contributed by atoms with Crippen LogP contribution in [0.1, 0.15) is 11.4 Å². The van der Waals surface area contributed by atoms with Crippen molar-refractivity contribution in [1.82, 2.24) is 20.2 Å². The normalized spacial score (nSPS) is 10.5. The molecule has 0 unspecified atom stereocenters. The lowest BCUT2D eigenvalue weighted by atomic mass is 10.2. The van der Waals surface area contributed by atoms with Gasteiger partial charge in [0.1, 0.15) is 5.75 Å². The molecule has 0 bridgehead atoms. The largest absolute Gasteiger partial charge is 0.484 e. The quantitative estimate of drug-likeness (QED) is 0.812. The van der Waals surface area contributed by atoms with E-state index in [9.17, 15) is 0 Å². The van der Waals surface area contributed by atoms with Crippen LogP contribution in [0.2, 0.25) is 0 Å². The molecule has 0 spiro atoms. The Morgan fingerprint density at radius 1 is 1.47 bits per heavy atom.